The van der Waals surface area contributed by atoms with Crippen molar-refractivity contribution in [1.82, 2.24) is 19.8 Å². The van der Waals surface area contributed by atoms with Crippen molar-refractivity contribution in [2.24, 2.45) is 5.92 Å². The van der Waals surface area contributed by atoms with E-state index in [4.69, 9.17) is 0 Å². The van der Waals surface area contributed by atoms with E-state index in [1.54, 1.807) is 0 Å². The van der Waals surface area contributed by atoms with Crippen LogP contribution in [-0.2, 0) is 4.79 Å². The first-order valence-corrected chi connectivity index (χ1v) is 8.61. The molecule has 2 saturated heterocycles. The summed E-state index contributed by atoms with van der Waals surface area (Å²) in [4.78, 5) is 24.5. The lowest BCUT2D eigenvalue weighted by Crippen LogP contribution is -2.39. The first-order chi connectivity index (χ1) is 10.9. The van der Waals surface area contributed by atoms with Gasteiger partial charge in [0.1, 0.15) is 5.82 Å². The van der Waals surface area contributed by atoms with Gasteiger partial charge in [0.05, 0.1) is 11.8 Å². The molecule has 6 heteroatoms. The second-order valence-electron chi connectivity index (χ2n) is 7.24. The van der Waals surface area contributed by atoms with Gasteiger partial charge in [-0.2, -0.15) is 0 Å². The van der Waals surface area contributed by atoms with Crippen LogP contribution >= 0.6 is 0 Å². The standard InChI is InChI=1S/C17H28N4O2/c1-11-12(2)19-17(18-11)13-4-6-21(7-5-13)16(23)8-14-9-20(3)10-15(14)22/h13-15,22H,4-10H2,1-3H3,(H,18,19)/t14-,15-/m1/s1. The molecule has 3 rings (SSSR count). The number of β-amino-alcohol motifs (C(OH)–C–C–N with tert-alkyl or cyclic N) is 1. The number of hydrogen-bond acceptors (Lipinski definition) is 4. The summed E-state index contributed by atoms with van der Waals surface area (Å²) in [5, 5.41) is 10.0. The predicted molar refractivity (Wildman–Crippen MR) is 88.2 cm³/mol. The van der Waals surface area contributed by atoms with Gasteiger partial charge in [0, 0.05) is 50.1 Å². The van der Waals surface area contributed by atoms with Crippen LogP contribution < -0.4 is 0 Å². The number of aromatic nitrogens is 2. The molecule has 0 aliphatic carbocycles. The van der Waals surface area contributed by atoms with E-state index >= 15 is 0 Å². The molecule has 0 unspecified atom stereocenters. The molecule has 0 spiro atoms. The minimum Gasteiger partial charge on any atom is -0.391 e. The molecule has 0 radical (unpaired) electrons. The molecule has 0 aromatic carbocycles. The molecule has 2 aliphatic rings. The topological polar surface area (TPSA) is 72.5 Å². The third-order valence-corrected chi connectivity index (χ3v) is 5.41. The molecule has 3 heterocycles. The van der Waals surface area contributed by atoms with E-state index in [0.717, 1.165) is 49.7 Å². The van der Waals surface area contributed by atoms with Gasteiger partial charge in [-0.05, 0) is 33.7 Å². The Morgan fingerprint density at radius 1 is 1.30 bits per heavy atom. The smallest absolute Gasteiger partial charge is 0.222 e. The van der Waals surface area contributed by atoms with Crippen LogP contribution in [0.1, 0.15) is 42.4 Å². The van der Waals surface area contributed by atoms with E-state index in [9.17, 15) is 9.90 Å². The molecule has 2 atom stereocenters. The molecular weight excluding hydrogens is 292 g/mol. The van der Waals surface area contributed by atoms with Crippen molar-refractivity contribution >= 4 is 5.91 Å². The number of aliphatic hydroxyl groups is 1. The Morgan fingerprint density at radius 3 is 2.52 bits per heavy atom. The number of aliphatic hydroxyl groups excluding tert-OH is 1. The number of hydrogen-bond donors (Lipinski definition) is 2. The highest BCUT2D eigenvalue weighted by Gasteiger charge is 2.33. The molecule has 128 valence electrons. The number of carbonyl (C=O) groups excluding carboxylic acids is 1. The summed E-state index contributed by atoms with van der Waals surface area (Å²) < 4.78 is 0. The molecule has 2 aliphatic heterocycles. The van der Waals surface area contributed by atoms with Crippen molar-refractivity contribution in [3.8, 4) is 0 Å². The van der Waals surface area contributed by atoms with Crippen molar-refractivity contribution < 1.29 is 9.90 Å². The first-order valence-electron chi connectivity index (χ1n) is 8.61. The lowest BCUT2D eigenvalue weighted by Gasteiger charge is -2.32. The molecule has 23 heavy (non-hydrogen) atoms. The van der Waals surface area contributed by atoms with Crippen molar-refractivity contribution in [1.29, 1.82) is 0 Å². The molecule has 1 aromatic rings. The predicted octanol–water partition coefficient (Wildman–Crippen LogP) is 1.05. The summed E-state index contributed by atoms with van der Waals surface area (Å²) in [6.45, 7) is 7.15. The van der Waals surface area contributed by atoms with E-state index in [1.807, 2.05) is 18.9 Å². The van der Waals surface area contributed by atoms with Crippen LogP contribution in [0.25, 0.3) is 0 Å². The van der Waals surface area contributed by atoms with Gasteiger partial charge < -0.3 is 19.9 Å². The number of aromatic amines is 1. The van der Waals surface area contributed by atoms with Crippen molar-refractivity contribution in [2.75, 3.05) is 33.2 Å². The zero-order valence-electron chi connectivity index (χ0n) is 14.4. The van der Waals surface area contributed by atoms with Crippen molar-refractivity contribution in [3.05, 3.63) is 17.2 Å². The van der Waals surface area contributed by atoms with Crippen LogP contribution in [0.5, 0.6) is 0 Å². The molecule has 6 nitrogen and oxygen atoms in total. The zero-order valence-corrected chi connectivity index (χ0v) is 14.4. The van der Waals surface area contributed by atoms with E-state index in [1.165, 1.54) is 0 Å². The van der Waals surface area contributed by atoms with Gasteiger partial charge in [-0.25, -0.2) is 4.98 Å². The maximum absolute atomic E-state index is 12.5. The van der Waals surface area contributed by atoms with Crippen molar-refractivity contribution in [3.63, 3.8) is 0 Å². The van der Waals surface area contributed by atoms with Crippen LogP contribution in [0.3, 0.4) is 0 Å². The maximum atomic E-state index is 12.5. The molecule has 1 amide bonds. The maximum Gasteiger partial charge on any atom is 0.222 e. The molecule has 1 aromatic heterocycles. The van der Waals surface area contributed by atoms with E-state index < -0.39 is 0 Å². The number of nitrogens with zero attached hydrogens (tertiary/aromatic N) is 3. The SMILES string of the molecule is Cc1nc(C2CCN(C(=O)C[C@@H]3CN(C)C[C@H]3O)CC2)[nH]c1C. The zero-order chi connectivity index (χ0) is 16.6. The fraction of sp³-hybridized carbons (Fsp3) is 0.765. The number of carbonyl (C=O) groups is 1. The highest BCUT2D eigenvalue weighted by molar-refractivity contribution is 5.76. The van der Waals surface area contributed by atoms with Crippen LogP contribution in [0.2, 0.25) is 0 Å². The molecule has 2 fully saturated rings. The number of likely N-dealkylation sites (N-methyl/N-ethyl adjacent to an activating group) is 1. The molecular formula is C17H28N4O2. The first kappa shape index (κ1) is 16.5. The van der Waals surface area contributed by atoms with E-state index in [-0.39, 0.29) is 17.9 Å². The summed E-state index contributed by atoms with van der Waals surface area (Å²) >= 11 is 0. The second kappa shape index (κ2) is 6.61. The Morgan fingerprint density at radius 2 is 2.00 bits per heavy atom. The lowest BCUT2D eigenvalue weighted by atomic mass is 9.94. The van der Waals surface area contributed by atoms with Gasteiger partial charge in [-0.1, -0.05) is 0 Å². The third-order valence-electron chi connectivity index (χ3n) is 5.41. The minimum atomic E-state index is -0.365. The van der Waals surface area contributed by atoms with E-state index in [0.29, 0.717) is 18.9 Å². The number of likely N-dealkylation sites (tertiary alicyclic amines) is 2. The highest BCUT2D eigenvalue weighted by atomic mass is 16.3. The number of rotatable bonds is 3. The number of piperidine rings is 1. The Hall–Kier alpha value is -1.40. The van der Waals surface area contributed by atoms with Gasteiger partial charge >= 0.3 is 0 Å². The Balaban J connectivity index is 1.51. The average molecular weight is 320 g/mol. The van der Waals surface area contributed by atoms with Crippen LogP contribution in [-0.4, -0.2) is 70.1 Å². The number of nitrogens with one attached hydrogen (secondary N) is 1. The number of imidazole rings is 1. The Bertz CT molecular complexity index is 543. The Labute approximate surface area is 137 Å². The van der Waals surface area contributed by atoms with Gasteiger partial charge in [-0.15, -0.1) is 0 Å². The summed E-state index contributed by atoms with van der Waals surface area (Å²) in [6, 6.07) is 0. The molecule has 2 N–H and O–H groups in total. The Kier molecular flexibility index (Phi) is 4.73. The van der Waals surface area contributed by atoms with E-state index in [2.05, 4.69) is 21.8 Å². The minimum absolute atomic E-state index is 0.0839. The third kappa shape index (κ3) is 3.58. The average Bonchev–Trinajstić information content (AvgIpc) is 3.01. The highest BCUT2D eigenvalue weighted by Crippen LogP contribution is 2.28. The van der Waals surface area contributed by atoms with Crippen molar-refractivity contribution in [2.45, 2.75) is 45.1 Å². The number of H-pyrrole nitrogens is 1. The fourth-order valence-electron chi connectivity index (χ4n) is 3.79. The monoisotopic (exact) mass is 320 g/mol. The van der Waals surface area contributed by atoms with Gasteiger partial charge in [0.2, 0.25) is 5.91 Å². The van der Waals surface area contributed by atoms with Crippen LogP contribution in [0.4, 0.5) is 0 Å². The summed E-state index contributed by atoms with van der Waals surface area (Å²) in [6.07, 6.45) is 2.03. The quantitative estimate of drug-likeness (QED) is 0.873. The number of amides is 1. The largest absolute Gasteiger partial charge is 0.391 e. The normalized spacial score (nSPS) is 26.9. The summed E-state index contributed by atoms with van der Waals surface area (Å²) in [7, 11) is 1.99. The second-order valence-corrected chi connectivity index (χ2v) is 7.24. The van der Waals surface area contributed by atoms with Gasteiger partial charge in [-0.3, -0.25) is 4.79 Å². The molecule has 0 bridgehead atoms. The fourth-order valence-corrected chi connectivity index (χ4v) is 3.79. The van der Waals surface area contributed by atoms with Gasteiger partial charge in [0.25, 0.3) is 0 Å². The molecule has 0 saturated carbocycles. The lowest BCUT2D eigenvalue weighted by molar-refractivity contribution is -0.133. The van der Waals surface area contributed by atoms with Crippen LogP contribution in [0.15, 0.2) is 0 Å². The number of aryl methyl sites for hydroxylation is 2. The summed E-state index contributed by atoms with van der Waals surface area (Å²) in [5.74, 6) is 1.77. The van der Waals surface area contributed by atoms with Crippen LogP contribution in [0, 0.1) is 19.8 Å². The summed E-state index contributed by atoms with van der Waals surface area (Å²) in [5.41, 5.74) is 2.20. The van der Waals surface area contributed by atoms with Gasteiger partial charge in [0.15, 0.2) is 0 Å².